The molecule has 3 heterocycles. The Morgan fingerprint density at radius 1 is 1.20 bits per heavy atom. The van der Waals surface area contributed by atoms with Crippen LogP contribution in [0.25, 0.3) is 22.0 Å². The van der Waals surface area contributed by atoms with Crippen LogP contribution in [0, 0.1) is 0 Å². The quantitative estimate of drug-likeness (QED) is 0.169. The number of anilines is 1. The van der Waals surface area contributed by atoms with Crippen molar-refractivity contribution >= 4 is 40.4 Å². The highest BCUT2D eigenvalue weighted by Gasteiger charge is 2.47. The van der Waals surface area contributed by atoms with E-state index in [1.165, 1.54) is 38.1 Å². The summed E-state index contributed by atoms with van der Waals surface area (Å²) in [6, 6.07) is 18.1. The maximum absolute atomic E-state index is 13.7. The van der Waals surface area contributed by atoms with Gasteiger partial charge >= 0.3 is 6.09 Å². The summed E-state index contributed by atoms with van der Waals surface area (Å²) in [6.45, 7) is 2.37. The van der Waals surface area contributed by atoms with Gasteiger partial charge in [0.15, 0.2) is 0 Å². The van der Waals surface area contributed by atoms with E-state index in [-0.39, 0.29) is 12.0 Å². The Hall–Kier alpha value is -4.84. The zero-order valence-corrected chi connectivity index (χ0v) is 25.5. The SMILES string of the molecule is C[C@@H](c1cc(-c2ccccc2CN(C)C(=O)OCc2ccccc2)cs1)N(C=O)c1cn(C2CC(F)(F)C2)c(=O)c2cn[nH]c12. The minimum Gasteiger partial charge on any atom is -0.445 e. The molecule has 0 unspecified atom stereocenters. The number of H-pyrrole nitrogens is 1. The van der Waals surface area contributed by atoms with Crippen molar-refractivity contribution in [2.24, 2.45) is 0 Å². The highest BCUT2D eigenvalue weighted by Crippen LogP contribution is 2.46. The lowest BCUT2D eigenvalue weighted by Crippen LogP contribution is -2.41. The van der Waals surface area contributed by atoms with E-state index in [4.69, 9.17) is 4.74 Å². The second kappa shape index (κ2) is 12.3. The maximum Gasteiger partial charge on any atom is 0.410 e. The number of pyridine rings is 1. The molecule has 0 radical (unpaired) electrons. The van der Waals surface area contributed by atoms with Crippen molar-refractivity contribution in [3.63, 3.8) is 0 Å². The molecule has 0 bridgehead atoms. The molecular formula is C33H31F2N5O4S. The highest BCUT2D eigenvalue weighted by atomic mass is 32.1. The summed E-state index contributed by atoms with van der Waals surface area (Å²) < 4.78 is 34.2. The van der Waals surface area contributed by atoms with Gasteiger partial charge in [0.2, 0.25) is 6.41 Å². The number of carbonyl (C=O) groups is 2. The Morgan fingerprint density at radius 2 is 1.93 bits per heavy atom. The van der Waals surface area contributed by atoms with Crippen LogP contribution in [-0.2, 0) is 22.7 Å². The van der Waals surface area contributed by atoms with Gasteiger partial charge in [-0.05, 0) is 40.6 Å². The van der Waals surface area contributed by atoms with Gasteiger partial charge in [0, 0.05) is 43.5 Å². The normalized spacial score (nSPS) is 14.9. The van der Waals surface area contributed by atoms with Gasteiger partial charge in [-0.15, -0.1) is 11.3 Å². The number of thiophene rings is 1. The first-order valence-electron chi connectivity index (χ1n) is 14.4. The molecule has 1 N–H and O–H groups in total. The molecule has 1 saturated carbocycles. The van der Waals surface area contributed by atoms with E-state index >= 15 is 0 Å². The first-order valence-corrected chi connectivity index (χ1v) is 15.3. The van der Waals surface area contributed by atoms with Crippen molar-refractivity contribution in [2.75, 3.05) is 11.9 Å². The fraction of sp³-hybridized carbons (Fsp3) is 0.273. The van der Waals surface area contributed by atoms with Crippen LogP contribution >= 0.6 is 11.3 Å². The van der Waals surface area contributed by atoms with E-state index in [1.807, 2.05) is 73.0 Å². The number of alkyl halides is 2. The summed E-state index contributed by atoms with van der Waals surface area (Å²) in [7, 11) is 1.69. The van der Waals surface area contributed by atoms with Gasteiger partial charge in [0.1, 0.15) is 6.61 Å². The lowest BCUT2D eigenvalue weighted by molar-refractivity contribution is -0.108. The van der Waals surface area contributed by atoms with Gasteiger partial charge in [-0.25, -0.2) is 13.6 Å². The monoisotopic (exact) mass is 631 g/mol. The summed E-state index contributed by atoms with van der Waals surface area (Å²) in [5.41, 5.74) is 4.00. The minimum absolute atomic E-state index is 0.181. The van der Waals surface area contributed by atoms with Crippen LogP contribution in [-0.4, -0.2) is 45.1 Å². The number of halogens is 2. The Labute approximate surface area is 261 Å². The average Bonchev–Trinajstić information content (AvgIpc) is 3.72. The molecule has 9 nitrogen and oxygen atoms in total. The van der Waals surface area contributed by atoms with Gasteiger partial charge in [-0.2, -0.15) is 5.10 Å². The number of hydrogen-bond donors (Lipinski definition) is 1. The number of amides is 2. The smallest absolute Gasteiger partial charge is 0.410 e. The average molecular weight is 632 g/mol. The largest absolute Gasteiger partial charge is 0.445 e. The van der Waals surface area contributed by atoms with E-state index in [0.29, 0.717) is 24.2 Å². The summed E-state index contributed by atoms with van der Waals surface area (Å²) >= 11 is 1.47. The molecule has 6 rings (SSSR count). The Morgan fingerprint density at radius 3 is 2.67 bits per heavy atom. The zero-order chi connectivity index (χ0) is 31.7. The molecule has 45 heavy (non-hydrogen) atoms. The van der Waals surface area contributed by atoms with E-state index in [9.17, 15) is 23.2 Å². The van der Waals surface area contributed by atoms with Crippen molar-refractivity contribution in [1.29, 1.82) is 0 Å². The molecule has 3 aromatic heterocycles. The highest BCUT2D eigenvalue weighted by molar-refractivity contribution is 7.10. The topological polar surface area (TPSA) is 101 Å². The first kappa shape index (κ1) is 30.2. The molecule has 2 amide bonds. The molecule has 232 valence electrons. The van der Waals surface area contributed by atoms with Gasteiger partial charge in [0.25, 0.3) is 11.5 Å². The van der Waals surface area contributed by atoms with Crippen molar-refractivity contribution in [1.82, 2.24) is 19.7 Å². The summed E-state index contributed by atoms with van der Waals surface area (Å²) in [6.07, 6.45) is 2.21. The number of carbonyl (C=O) groups excluding carboxylic acids is 2. The standard InChI is InChI=1S/C33H31F2N5O4S/c1-21(40(20-41)28-17-39(25-13-33(34,35)14-25)31(42)27-15-36-37-30(27)28)29-12-24(19-45-29)26-11-7-6-10-23(26)16-38(2)32(43)44-18-22-8-4-3-5-9-22/h3-12,15,17,19-21,25H,13-14,16,18H2,1-2H3,(H,36,37)/t21-/m0/s1. The number of hydrogen-bond acceptors (Lipinski definition) is 6. The third-order valence-corrected chi connectivity index (χ3v) is 9.28. The number of rotatable bonds is 10. The molecule has 1 fully saturated rings. The molecule has 2 aromatic carbocycles. The first-order chi connectivity index (χ1) is 21.6. The number of nitrogens with one attached hydrogen (secondary N) is 1. The molecule has 0 spiro atoms. The van der Waals surface area contributed by atoms with Crippen LogP contribution < -0.4 is 10.5 Å². The fourth-order valence-corrected chi connectivity index (χ4v) is 6.59. The van der Waals surface area contributed by atoms with E-state index in [1.54, 1.807) is 7.05 Å². The van der Waals surface area contributed by atoms with Gasteiger partial charge < -0.3 is 19.1 Å². The third kappa shape index (κ3) is 6.10. The third-order valence-electron chi connectivity index (χ3n) is 8.18. The van der Waals surface area contributed by atoms with E-state index < -0.39 is 42.5 Å². The van der Waals surface area contributed by atoms with Crippen LogP contribution in [0.5, 0.6) is 0 Å². The summed E-state index contributed by atoms with van der Waals surface area (Å²) in [5, 5.41) is 9.02. The number of aromatic nitrogens is 3. The summed E-state index contributed by atoms with van der Waals surface area (Å²) in [4.78, 5) is 42.2. The Bertz CT molecular complexity index is 1900. The second-order valence-corrected chi connectivity index (χ2v) is 12.2. The van der Waals surface area contributed by atoms with Crippen LogP contribution in [0.3, 0.4) is 0 Å². The number of nitrogens with zero attached hydrogens (tertiary/aromatic N) is 4. The van der Waals surface area contributed by atoms with Crippen molar-refractivity contribution in [2.45, 2.75) is 50.9 Å². The van der Waals surface area contributed by atoms with Crippen LogP contribution in [0.15, 0.2) is 83.2 Å². The molecule has 12 heteroatoms. The second-order valence-electron chi connectivity index (χ2n) is 11.3. The molecule has 1 aliphatic rings. The lowest BCUT2D eigenvalue weighted by atomic mass is 9.88. The zero-order valence-electron chi connectivity index (χ0n) is 24.7. The van der Waals surface area contributed by atoms with Crippen LogP contribution in [0.4, 0.5) is 19.3 Å². The summed E-state index contributed by atoms with van der Waals surface area (Å²) in [5.74, 6) is -2.81. The molecule has 1 atom stereocenters. The minimum atomic E-state index is -2.81. The Kier molecular flexibility index (Phi) is 8.24. The molecule has 5 aromatic rings. The number of fused-ring (bicyclic) bond motifs is 1. The molecular weight excluding hydrogens is 600 g/mol. The maximum atomic E-state index is 13.7. The van der Waals surface area contributed by atoms with E-state index in [2.05, 4.69) is 10.2 Å². The lowest BCUT2D eigenvalue weighted by Gasteiger charge is -2.36. The fourth-order valence-electron chi connectivity index (χ4n) is 5.63. The van der Waals surface area contributed by atoms with Gasteiger partial charge in [-0.1, -0.05) is 54.6 Å². The molecule has 0 saturated heterocycles. The number of ether oxygens (including phenoxy) is 1. The van der Waals surface area contributed by atoms with Gasteiger partial charge in [-0.3, -0.25) is 14.7 Å². The Balaban J connectivity index is 1.23. The predicted molar refractivity (Wildman–Crippen MR) is 168 cm³/mol. The van der Waals surface area contributed by atoms with Gasteiger partial charge in [0.05, 0.1) is 28.8 Å². The van der Waals surface area contributed by atoms with Crippen molar-refractivity contribution in [3.8, 4) is 11.1 Å². The van der Waals surface area contributed by atoms with Crippen LogP contribution in [0.1, 0.15) is 47.9 Å². The predicted octanol–water partition coefficient (Wildman–Crippen LogP) is 6.92. The molecule has 0 aliphatic heterocycles. The van der Waals surface area contributed by atoms with E-state index in [0.717, 1.165) is 27.1 Å². The van der Waals surface area contributed by atoms with Crippen LogP contribution in [0.2, 0.25) is 0 Å². The van der Waals surface area contributed by atoms with Crippen molar-refractivity contribution in [3.05, 3.63) is 105 Å². The number of aromatic amines is 1. The van der Waals surface area contributed by atoms with Crippen molar-refractivity contribution < 1.29 is 23.1 Å². The molecule has 1 aliphatic carbocycles. The number of benzene rings is 2.